The Morgan fingerprint density at radius 3 is 2.31 bits per heavy atom. The van der Waals surface area contributed by atoms with E-state index < -0.39 is 12.9 Å². The van der Waals surface area contributed by atoms with Crippen LogP contribution in [0.25, 0.3) is 0 Å². The minimum absolute atomic E-state index is 0.0880. The van der Waals surface area contributed by atoms with Crippen LogP contribution in [0.3, 0.4) is 0 Å². The van der Waals surface area contributed by atoms with Crippen LogP contribution in [0.15, 0.2) is 12.1 Å². The highest BCUT2D eigenvalue weighted by Gasteiger charge is 2.22. The molecule has 2 N–H and O–H groups in total. The molecular formula is C10H14BFO4. The molecule has 0 radical (unpaired) electrons. The van der Waals surface area contributed by atoms with Gasteiger partial charge in [-0.25, -0.2) is 4.39 Å². The Morgan fingerprint density at radius 1 is 1.19 bits per heavy atom. The third kappa shape index (κ3) is 2.65. The van der Waals surface area contributed by atoms with Gasteiger partial charge < -0.3 is 19.5 Å². The van der Waals surface area contributed by atoms with Crippen molar-refractivity contribution >= 4 is 12.6 Å². The van der Waals surface area contributed by atoms with Crippen molar-refractivity contribution in [3.8, 4) is 11.5 Å². The number of ether oxygens (including phenoxy) is 2. The quantitative estimate of drug-likeness (QED) is 0.711. The number of halogens is 1. The fourth-order valence-corrected chi connectivity index (χ4v) is 1.30. The van der Waals surface area contributed by atoms with E-state index in [1.807, 2.05) is 0 Å². The van der Waals surface area contributed by atoms with E-state index in [4.69, 9.17) is 19.5 Å². The molecule has 0 aromatic heterocycles. The fraction of sp³-hybridized carbons (Fsp3) is 0.400. The molecule has 0 saturated heterocycles. The van der Waals surface area contributed by atoms with E-state index in [9.17, 15) is 4.39 Å². The number of hydrogen-bond donors (Lipinski definition) is 2. The number of benzene rings is 1. The summed E-state index contributed by atoms with van der Waals surface area (Å²) >= 11 is 0. The first-order valence-electron chi connectivity index (χ1n) is 5.05. The van der Waals surface area contributed by atoms with Gasteiger partial charge in [0.15, 0.2) is 17.3 Å². The molecule has 1 aromatic carbocycles. The minimum atomic E-state index is -1.87. The largest absolute Gasteiger partial charge is 0.491 e. The zero-order valence-corrected chi connectivity index (χ0v) is 9.24. The van der Waals surface area contributed by atoms with Crippen LogP contribution in [-0.2, 0) is 0 Å². The van der Waals surface area contributed by atoms with Crippen molar-refractivity contribution in [3.63, 3.8) is 0 Å². The summed E-state index contributed by atoms with van der Waals surface area (Å²) in [5.41, 5.74) is -0.230. The highest BCUT2D eigenvalue weighted by atomic mass is 19.1. The van der Waals surface area contributed by atoms with Gasteiger partial charge >= 0.3 is 7.12 Å². The lowest BCUT2D eigenvalue weighted by Crippen LogP contribution is -2.33. The zero-order valence-electron chi connectivity index (χ0n) is 9.24. The topological polar surface area (TPSA) is 58.9 Å². The Balaban J connectivity index is 3.18. The second-order valence-corrected chi connectivity index (χ2v) is 3.04. The number of hydrogen-bond acceptors (Lipinski definition) is 4. The van der Waals surface area contributed by atoms with Gasteiger partial charge in [-0.3, -0.25) is 0 Å². The fourth-order valence-electron chi connectivity index (χ4n) is 1.30. The van der Waals surface area contributed by atoms with Gasteiger partial charge in [-0.2, -0.15) is 0 Å². The van der Waals surface area contributed by atoms with Gasteiger partial charge in [-0.05, 0) is 19.9 Å². The smallest absolute Gasteiger partial charge is 0.490 e. The van der Waals surface area contributed by atoms with E-state index in [0.717, 1.165) is 0 Å². The average Bonchev–Trinajstić information content (AvgIpc) is 2.23. The first-order chi connectivity index (χ1) is 7.61. The lowest BCUT2D eigenvalue weighted by molar-refractivity contribution is 0.276. The van der Waals surface area contributed by atoms with Crippen molar-refractivity contribution in [1.29, 1.82) is 0 Å². The molecule has 0 amide bonds. The molecule has 0 fully saturated rings. The zero-order chi connectivity index (χ0) is 12.1. The van der Waals surface area contributed by atoms with Crippen LogP contribution in [0.2, 0.25) is 0 Å². The molecule has 0 heterocycles. The molecule has 0 aliphatic rings. The van der Waals surface area contributed by atoms with Crippen molar-refractivity contribution in [2.24, 2.45) is 0 Å². The Bertz CT molecular complexity index is 357. The van der Waals surface area contributed by atoms with Crippen molar-refractivity contribution in [2.45, 2.75) is 13.8 Å². The summed E-state index contributed by atoms with van der Waals surface area (Å²) in [4.78, 5) is 0. The van der Waals surface area contributed by atoms with E-state index in [-0.39, 0.29) is 23.6 Å². The second-order valence-electron chi connectivity index (χ2n) is 3.04. The molecule has 0 bridgehead atoms. The van der Waals surface area contributed by atoms with Crippen LogP contribution >= 0.6 is 0 Å². The van der Waals surface area contributed by atoms with Crippen molar-refractivity contribution in [2.75, 3.05) is 13.2 Å². The Kier molecular flexibility index (Phi) is 4.58. The monoisotopic (exact) mass is 228 g/mol. The van der Waals surface area contributed by atoms with Gasteiger partial charge in [0.1, 0.15) is 0 Å². The van der Waals surface area contributed by atoms with Gasteiger partial charge in [0, 0.05) is 5.46 Å². The molecule has 0 unspecified atom stereocenters. The van der Waals surface area contributed by atoms with Crippen LogP contribution in [0.4, 0.5) is 4.39 Å². The predicted molar refractivity (Wildman–Crippen MR) is 58.6 cm³/mol. The molecule has 16 heavy (non-hydrogen) atoms. The maximum atomic E-state index is 13.8. The van der Waals surface area contributed by atoms with Crippen LogP contribution in [0.1, 0.15) is 13.8 Å². The lowest BCUT2D eigenvalue weighted by Gasteiger charge is -2.13. The summed E-state index contributed by atoms with van der Waals surface area (Å²) in [7, 11) is -1.87. The maximum Gasteiger partial charge on any atom is 0.491 e. The molecule has 4 nitrogen and oxygen atoms in total. The standard InChI is InChI=1S/C10H14BFO4/c1-3-15-8-6-5-7(11(13)14)9(12)10(8)16-4-2/h5-6,13-14H,3-4H2,1-2H3. The van der Waals surface area contributed by atoms with E-state index in [1.165, 1.54) is 12.1 Å². The third-order valence-corrected chi connectivity index (χ3v) is 1.96. The molecule has 88 valence electrons. The van der Waals surface area contributed by atoms with Crippen LogP contribution in [-0.4, -0.2) is 30.4 Å². The molecule has 0 atom stereocenters. The van der Waals surface area contributed by atoms with E-state index >= 15 is 0 Å². The summed E-state index contributed by atoms with van der Waals surface area (Å²) in [6.45, 7) is 4.11. The molecule has 0 aliphatic carbocycles. The third-order valence-electron chi connectivity index (χ3n) is 1.96. The molecule has 0 spiro atoms. The molecular weight excluding hydrogens is 214 g/mol. The summed E-state index contributed by atoms with van der Waals surface area (Å²) in [5, 5.41) is 17.9. The Morgan fingerprint density at radius 2 is 1.81 bits per heavy atom. The van der Waals surface area contributed by atoms with E-state index in [0.29, 0.717) is 6.61 Å². The van der Waals surface area contributed by atoms with Gasteiger partial charge in [-0.15, -0.1) is 0 Å². The summed E-state index contributed by atoms with van der Waals surface area (Å²) < 4.78 is 24.0. The summed E-state index contributed by atoms with van der Waals surface area (Å²) in [6.07, 6.45) is 0. The highest BCUT2D eigenvalue weighted by Crippen LogP contribution is 2.29. The van der Waals surface area contributed by atoms with Crippen molar-refractivity contribution < 1.29 is 23.9 Å². The molecule has 1 aromatic rings. The van der Waals surface area contributed by atoms with E-state index in [1.54, 1.807) is 13.8 Å². The molecule has 6 heteroatoms. The van der Waals surface area contributed by atoms with Crippen molar-refractivity contribution in [1.82, 2.24) is 0 Å². The molecule has 1 rings (SSSR count). The van der Waals surface area contributed by atoms with Gasteiger partial charge in [0.25, 0.3) is 0 Å². The van der Waals surface area contributed by atoms with E-state index in [2.05, 4.69) is 0 Å². The van der Waals surface area contributed by atoms with Gasteiger partial charge in [0.05, 0.1) is 13.2 Å². The summed E-state index contributed by atoms with van der Waals surface area (Å²) in [6, 6.07) is 2.71. The van der Waals surface area contributed by atoms with Crippen LogP contribution in [0, 0.1) is 5.82 Å². The van der Waals surface area contributed by atoms with Crippen LogP contribution < -0.4 is 14.9 Å². The SMILES string of the molecule is CCOc1ccc(B(O)O)c(F)c1OCC. The lowest BCUT2D eigenvalue weighted by atomic mass is 9.79. The summed E-state index contributed by atoms with van der Waals surface area (Å²) in [5.74, 6) is -0.635. The first kappa shape index (κ1) is 12.8. The highest BCUT2D eigenvalue weighted by molar-refractivity contribution is 6.58. The molecule has 0 aliphatic heterocycles. The Hall–Kier alpha value is -1.27. The average molecular weight is 228 g/mol. The second kappa shape index (κ2) is 5.72. The van der Waals surface area contributed by atoms with Crippen LogP contribution in [0.5, 0.6) is 11.5 Å². The van der Waals surface area contributed by atoms with Crippen molar-refractivity contribution in [3.05, 3.63) is 17.9 Å². The number of rotatable bonds is 5. The van der Waals surface area contributed by atoms with Gasteiger partial charge in [-0.1, -0.05) is 6.07 Å². The molecule has 0 saturated carbocycles. The normalized spacial score (nSPS) is 10.1. The minimum Gasteiger partial charge on any atom is -0.490 e. The maximum absolute atomic E-state index is 13.8. The predicted octanol–water partition coefficient (Wildman–Crippen LogP) is 0.303. The first-order valence-corrected chi connectivity index (χ1v) is 5.05. The Labute approximate surface area is 93.8 Å². The van der Waals surface area contributed by atoms with Gasteiger partial charge in [0.2, 0.25) is 0 Å².